The van der Waals surface area contributed by atoms with Crippen LogP contribution in [0.5, 0.6) is 0 Å². The fourth-order valence-corrected chi connectivity index (χ4v) is 4.84. The van der Waals surface area contributed by atoms with Gasteiger partial charge in [0.05, 0.1) is 5.92 Å². The van der Waals surface area contributed by atoms with Crippen molar-refractivity contribution in [3.8, 4) is 11.4 Å². The van der Waals surface area contributed by atoms with Gasteiger partial charge in [0.25, 0.3) is 0 Å². The van der Waals surface area contributed by atoms with Crippen LogP contribution in [0, 0.1) is 6.92 Å². The maximum atomic E-state index is 13.2. The molecule has 0 spiro atoms. The molecule has 2 aromatic carbocycles. The van der Waals surface area contributed by atoms with Gasteiger partial charge in [0.1, 0.15) is 5.82 Å². The molecule has 1 aliphatic heterocycles. The van der Waals surface area contributed by atoms with Crippen LogP contribution < -0.4 is 5.32 Å². The molecule has 1 aliphatic carbocycles. The van der Waals surface area contributed by atoms with Gasteiger partial charge >= 0.3 is 0 Å². The first-order valence-electron chi connectivity index (χ1n) is 11.1. The highest BCUT2D eigenvalue weighted by molar-refractivity contribution is 5.97. The number of aromatic nitrogens is 3. The molecule has 0 unspecified atom stereocenters. The smallest absolute Gasteiger partial charge is 0.231 e. The fraction of sp³-hybridized carbons (Fsp3) is 0.400. The van der Waals surface area contributed by atoms with Crippen LogP contribution in [0.25, 0.3) is 11.4 Å². The van der Waals surface area contributed by atoms with Crippen LogP contribution in [0.4, 0.5) is 5.69 Å². The molecule has 1 amide bonds. The van der Waals surface area contributed by atoms with Gasteiger partial charge in [-0.25, -0.2) is 0 Å². The van der Waals surface area contributed by atoms with E-state index in [9.17, 15) is 4.79 Å². The number of hydrogen-bond donors (Lipinski definition) is 1. The van der Waals surface area contributed by atoms with Crippen molar-refractivity contribution < 1.29 is 4.79 Å². The third kappa shape index (κ3) is 3.53. The molecule has 0 bridgehead atoms. The zero-order valence-electron chi connectivity index (χ0n) is 17.5. The Bertz CT molecular complexity index is 1080. The van der Waals surface area contributed by atoms with Gasteiger partial charge in [0.2, 0.25) is 5.91 Å². The first-order valence-corrected chi connectivity index (χ1v) is 11.1. The number of aryl methyl sites for hydroxylation is 3. The summed E-state index contributed by atoms with van der Waals surface area (Å²) in [6.45, 7) is 3.00. The lowest BCUT2D eigenvalue weighted by Gasteiger charge is -2.25. The van der Waals surface area contributed by atoms with Crippen molar-refractivity contribution in [2.45, 2.75) is 64.3 Å². The fourth-order valence-electron chi connectivity index (χ4n) is 4.84. The number of carbonyl (C=O) groups excluding carboxylic acids is 1. The number of rotatable bonds is 3. The summed E-state index contributed by atoms with van der Waals surface area (Å²) in [4.78, 5) is 13.2. The molecular weight excluding hydrogens is 372 g/mol. The minimum absolute atomic E-state index is 0.0811. The van der Waals surface area contributed by atoms with Crippen LogP contribution >= 0.6 is 0 Å². The third-order valence-corrected chi connectivity index (χ3v) is 6.55. The molecule has 0 fully saturated rings. The largest absolute Gasteiger partial charge is 0.325 e. The molecule has 0 saturated heterocycles. The highest BCUT2D eigenvalue weighted by atomic mass is 16.1. The van der Waals surface area contributed by atoms with E-state index in [2.05, 4.69) is 56.5 Å². The standard InChI is InChI=1S/C25H28N4O/c1-17-13-14-19(24-28-27-23-12-3-2-6-15-29(23)24)16-22(17)26-25(30)21-11-7-9-18-8-4-5-10-20(18)21/h4-5,8,10,13-14,16,21H,2-3,6-7,9,11-12,15H2,1H3,(H,26,30)/t21-/m1/s1. The van der Waals surface area contributed by atoms with Crippen LogP contribution in [-0.2, 0) is 24.2 Å². The lowest BCUT2D eigenvalue weighted by atomic mass is 9.82. The van der Waals surface area contributed by atoms with E-state index in [1.54, 1.807) is 0 Å². The summed E-state index contributed by atoms with van der Waals surface area (Å²) in [6, 6.07) is 14.6. The third-order valence-electron chi connectivity index (χ3n) is 6.55. The van der Waals surface area contributed by atoms with E-state index >= 15 is 0 Å². The van der Waals surface area contributed by atoms with Gasteiger partial charge in [0.15, 0.2) is 5.82 Å². The molecule has 0 saturated carbocycles. The Labute approximate surface area is 177 Å². The molecule has 5 nitrogen and oxygen atoms in total. The van der Waals surface area contributed by atoms with Gasteiger partial charge in [-0.05, 0) is 61.8 Å². The summed E-state index contributed by atoms with van der Waals surface area (Å²) < 4.78 is 2.25. The SMILES string of the molecule is Cc1ccc(-c2nnc3n2CCCCC3)cc1NC(=O)[C@@H]1CCCc2ccccc21. The number of hydrogen-bond acceptors (Lipinski definition) is 3. The topological polar surface area (TPSA) is 59.8 Å². The molecule has 1 atom stereocenters. The van der Waals surface area contributed by atoms with Gasteiger partial charge in [-0.2, -0.15) is 0 Å². The second kappa shape index (κ2) is 8.05. The second-order valence-corrected chi connectivity index (χ2v) is 8.56. The van der Waals surface area contributed by atoms with Crippen LogP contribution in [0.15, 0.2) is 42.5 Å². The van der Waals surface area contributed by atoms with E-state index in [1.807, 2.05) is 13.0 Å². The van der Waals surface area contributed by atoms with E-state index < -0.39 is 0 Å². The summed E-state index contributed by atoms with van der Waals surface area (Å²) in [5.41, 5.74) is 5.43. The van der Waals surface area contributed by atoms with Gasteiger partial charge in [0, 0.05) is 24.2 Å². The van der Waals surface area contributed by atoms with Gasteiger partial charge < -0.3 is 9.88 Å². The monoisotopic (exact) mass is 400 g/mol. The number of nitrogens with zero attached hydrogens (tertiary/aromatic N) is 3. The number of carbonyl (C=O) groups is 1. The molecule has 3 aromatic rings. The van der Waals surface area contributed by atoms with Crippen LogP contribution in [0.1, 0.15) is 60.5 Å². The van der Waals surface area contributed by atoms with E-state index in [-0.39, 0.29) is 11.8 Å². The molecule has 154 valence electrons. The van der Waals surface area contributed by atoms with Crippen molar-refractivity contribution in [3.05, 3.63) is 65.0 Å². The second-order valence-electron chi connectivity index (χ2n) is 8.56. The summed E-state index contributed by atoms with van der Waals surface area (Å²) in [7, 11) is 0. The number of benzene rings is 2. The van der Waals surface area contributed by atoms with Gasteiger partial charge in [-0.1, -0.05) is 42.8 Å². The Hall–Kier alpha value is -2.95. The number of nitrogens with one attached hydrogen (secondary N) is 1. The average molecular weight is 401 g/mol. The predicted octanol–water partition coefficient (Wildman–Crippen LogP) is 5.04. The summed E-state index contributed by atoms with van der Waals surface area (Å²) >= 11 is 0. The number of amides is 1. The van der Waals surface area contributed by atoms with Crippen molar-refractivity contribution in [2.24, 2.45) is 0 Å². The predicted molar refractivity (Wildman–Crippen MR) is 119 cm³/mol. The molecule has 30 heavy (non-hydrogen) atoms. The van der Waals surface area contributed by atoms with Crippen molar-refractivity contribution in [3.63, 3.8) is 0 Å². The first-order chi connectivity index (χ1) is 14.7. The average Bonchev–Trinajstić information content (AvgIpc) is 3.02. The number of fused-ring (bicyclic) bond motifs is 2. The van der Waals surface area contributed by atoms with Crippen LogP contribution in [-0.4, -0.2) is 20.7 Å². The molecule has 5 heteroatoms. The van der Waals surface area contributed by atoms with Crippen molar-refractivity contribution in [1.82, 2.24) is 14.8 Å². The molecule has 0 radical (unpaired) electrons. The maximum absolute atomic E-state index is 13.2. The van der Waals surface area contributed by atoms with Crippen molar-refractivity contribution >= 4 is 11.6 Å². The normalized spacial score (nSPS) is 18.2. The highest BCUT2D eigenvalue weighted by Gasteiger charge is 2.26. The summed E-state index contributed by atoms with van der Waals surface area (Å²) in [5.74, 6) is 1.99. The molecule has 2 heterocycles. The lowest BCUT2D eigenvalue weighted by molar-refractivity contribution is -0.117. The Morgan fingerprint density at radius 3 is 2.87 bits per heavy atom. The Morgan fingerprint density at radius 1 is 1.03 bits per heavy atom. The van der Waals surface area contributed by atoms with Gasteiger partial charge in [-0.3, -0.25) is 4.79 Å². The molecule has 1 N–H and O–H groups in total. The van der Waals surface area contributed by atoms with E-state index in [0.29, 0.717) is 0 Å². The molecule has 5 rings (SSSR count). The summed E-state index contributed by atoms with van der Waals surface area (Å²) in [6.07, 6.45) is 7.58. The van der Waals surface area contributed by atoms with Crippen molar-refractivity contribution in [2.75, 3.05) is 5.32 Å². The number of anilines is 1. The Morgan fingerprint density at radius 2 is 1.93 bits per heavy atom. The van der Waals surface area contributed by atoms with Crippen molar-refractivity contribution in [1.29, 1.82) is 0 Å². The molecule has 2 aliphatic rings. The minimum atomic E-state index is -0.0811. The van der Waals surface area contributed by atoms with E-state index in [0.717, 1.165) is 67.1 Å². The minimum Gasteiger partial charge on any atom is -0.325 e. The van der Waals surface area contributed by atoms with E-state index in [4.69, 9.17) is 0 Å². The van der Waals surface area contributed by atoms with Crippen LogP contribution in [0.2, 0.25) is 0 Å². The van der Waals surface area contributed by atoms with E-state index in [1.165, 1.54) is 24.0 Å². The highest BCUT2D eigenvalue weighted by Crippen LogP contribution is 2.33. The zero-order chi connectivity index (χ0) is 20.5. The quantitative estimate of drug-likeness (QED) is 0.670. The maximum Gasteiger partial charge on any atom is 0.231 e. The van der Waals surface area contributed by atoms with Gasteiger partial charge in [-0.15, -0.1) is 10.2 Å². The molecule has 1 aromatic heterocycles. The lowest BCUT2D eigenvalue weighted by Crippen LogP contribution is -2.25. The Kier molecular flexibility index (Phi) is 5.11. The molecular formula is C25H28N4O. The Balaban J connectivity index is 1.43. The first kappa shape index (κ1) is 19.0. The summed E-state index contributed by atoms with van der Waals surface area (Å²) in [5, 5.41) is 12.1. The van der Waals surface area contributed by atoms with Crippen LogP contribution in [0.3, 0.4) is 0 Å². The zero-order valence-corrected chi connectivity index (χ0v) is 17.5.